The first-order valence-electron chi connectivity index (χ1n) is 7.82. The van der Waals surface area contributed by atoms with E-state index in [9.17, 15) is 9.59 Å². The average molecular weight is 327 g/mol. The van der Waals surface area contributed by atoms with Gasteiger partial charge in [-0.05, 0) is 41.8 Å². The van der Waals surface area contributed by atoms with E-state index in [1.54, 1.807) is 12.1 Å². The summed E-state index contributed by atoms with van der Waals surface area (Å²) in [5.74, 6) is -0.255. The molecule has 0 saturated heterocycles. The predicted octanol–water partition coefficient (Wildman–Crippen LogP) is 3.32. The molecule has 24 heavy (non-hydrogen) atoms. The van der Waals surface area contributed by atoms with Gasteiger partial charge in [-0.15, -0.1) is 0 Å². The molecule has 0 aliphatic rings. The molecule has 0 saturated carbocycles. The third kappa shape index (κ3) is 4.59. The van der Waals surface area contributed by atoms with Gasteiger partial charge < -0.3 is 15.2 Å². The van der Waals surface area contributed by atoms with E-state index in [0.717, 1.165) is 5.56 Å². The number of carboxylic acid groups (broad SMARTS) is 1. The number of amides is 1. The lowest BCUT2D eigenvalue weighted by Gasteiger charge is -2.13. The van der Waals surface area contributed by atoms with Gasteiger partial charge in [-0.1, -0.05) is 32.0 Å². The summed E-state index contributed by atoms with van der Waals surface area (Å²) in [6.07, 6.45) is 0. The Balaban J connectivity index is 1.84. The van der Waals surface area contributed by atoms with Crippen molar-refractivity contribution in [3.8, 4) is 5.75 Å². The summed E-state index contributed by atoms with van der Waals surface area (Å²) in [6.45, 7) is 4.78. The summed E-state index contributed by atoms with van der Waals surface area (Å²) >= 11 is 0. The smallest absolute Gasteiger partial charge is 0.335 e. The Morgan fingerprint density at radius 1 is 1.08 bits per heavy atom. The van der Waals surface area contributed by atoms with Crippen LogP contribution in [0.3, 0.4) is 0 Å². The van der Waals surface area contributed by atoms with Gasteiger partial charge in [0.2, 0.25) is 0 Å². The van der Waals surface area contributed by atoms with E-state index in [1.807, 2.05) is 24.3 Å². The molecule has 2 aromatic rings. The van der Waals surface area contributed by atoms with Gasteiger partial charge in [-0.25, -0.2) is 4.79 Å². The van der Waals surface area contributed by atoms with E-state index in [2.05, 4.69) is 19.2 Å². The van der Waals surface area contributed by atoms with Crippen molar-refractivity contribution >= 4 is 11.9 Å². The molecule has 0 aromatic heterocycles. The summed E-state index contributed by atoms with van der Waals surface area (Å²) in [7, 11) is 0. The Hall–Kier alpha value is -2.82. The van der Waals surface area contributed by atoms with Crippen LogP contribution in [0, 0.1) is 0 Å². The molecule has 5 heteroatoms. The van der Waals surface area contributed by atoms with Crippen molar-refractivity contribution < 1.29 is 19.4 Å². The van der Waals surface area contributed by atoms with Gasteiger partial charge >= 0.3 is 5.97 Å². The molecule has 0 atom stereocenters. The SMILES string of the molecule is CC(C)c1ccccc1C(=O)NCCOc1ccc(C(=O)O)cc1. The normalized spacial score (nSPS) is 10.5. The van der Waals surface area contributed by atoms with Crippen molar-refractivity contribution in [2.24, 2.45) is 0 Å². The van der Waals surface area contributed by atoms with E-state index >= 15 is 0 Å². The Bertz CT molecular complexity index is 708. The molecule has 0 aliphatic heterocycles. The lowest BCUT2D eigenvalue weighted by atomic mass is 9.97. The molecule has 0 fully saturated rings. The predicted molar refractivity (Wildman–Crippen MR) is 91.8 cm³/mol. The van der Waals surface area contributed by atoms with Crippen molar-refractivity contribution in [3.63, 3.8) is 0 Å². The fourth-order valence-electron chi connectivity index (χ4n) is 2.33. The number of carbonyl (C=O) groups is 2. The second-order valence-corrected chi connectivity index (χ2v) is 5.68. The maximum Gasteiger partial charge on any atom is 0.335 e. The quantitative estimate of drug-likeness (QED) is 0.765. The minimum absolute atomic E-state index is 0.121. The van der Waals surface area contributed by atoms with Crippen molar-refractivity contribution in [1.29, 1.82) is 0 Å². The highest BCUT2D eigenvalue weighted by Crippen LogP contribution is 2.19. The monoisotopic (exact) mass is 327 g/mol. The minimum Gasteiger partial charge on any atom is -0.492 e. The summed E-state index contributed by atoms with van der Waals surface area (Å²) in [6, 6.07) is 13.7. The summed E-state index contributed by atoms with van der Waals surface area (Å²) in [5, 5.41) is 11.7. The van der Waals surface area contributed by atoms with E-state index < -0.39 is 5.97 Å². The van der Waals surface area contributed by atoms with Gasteiger partial charge in [-0.3, -0.25) is 4.79 Å². The third-order valence-electron chi connectivity index (χ3n) is 3.59. The van der Waals surface area contributed by atoms with Crippen LogP contribution in [-0.2, 0) is 0 Å². The maximum atomic E-state index is 12.3. The topological polar surface area (TPSA) is 75.6 Å². The summed E-state index contributed by atoms with van der Waals surface area (Å²) < 4.78 is 5.50. The maximum absolute atomic E-state index is 12.3. The van der Waals surface area contributed by atoms with Crippen molar-refractivity contribution in [2.45, 2.75) is 19.8 Å². The van der Waals surface area contributed by atoms with Gasteiger partial charge in [0.15, 0.2) is 0 Å². The summed E-state index contributed by atoms with van der Waals surface area (Å²) in [5.41, 5.74) is 1.90. The number of ether oxygens (including phenoxy) is 1. The molecule has 0 heterocycles. The van der Waals surface area contributed by atoms with Gasteiger partial charge in [0.05, 0.1) is 12.1 Å². The number of aromatic carboxylic acids is 1. The van der Waals surface area contributed by atoms with Gasteiger partial charge in [0.25, 0.3) is 5.91 Å². The molecule has 0 radical (unpaired) electrons. The molecular weight excluding hydrogens is 306 g/mol. The number of carboxylic acids is 1. The lowest BCUT2D eigenvalue weighted by molar-refractivity contribution is 0.0696. The molecule has 0 aliphatic carbocycles. The first-order chi connectivity index (χ1) is 11.5. The number of hydrogen-bond donors (Lipinski definition) is 2. The zero-order valence-electron chi connectivity index (χ0n) is 13.8. The van der Waals surface area contributed by atoms with Crippen molar-refractivity contribution in [1.82, 2.24) is 5.32 Å². The van der Waals surface area contributed by atoms with Crippen LogP contribution in [0.5, 0.6) is 5.75 Å². The number of carbonyl (C=O) groups excluding carboxylic acids is 1. The number of rotatable bonds is 7. The van der Waals surface area contributed by atoms with Gasteiger partial charge in [0, 0.05) is 5.56 Å². The molecule has 2 N–H and O–H groups in total. The molecule has 5 nitrogen and oxygen atoms in total. The van der Waals surface area contributed by atoms with Crippen LogP contribution in [0.1, 0.15) is 46.0 Å². The molecule has 0 spiro atoms. The van der Waals surface area contributed by atoms with E-state index in [-0.39, 0.29) is 17.4 Å². The highest BCUT2D eigenvalue weighted by Gasteiger charge is 2.12. The summed E-state index contributed by atoms with van der Waals surface area (Å²) in [4.78, 5) is 23.0. The molecule has 0 unspecified atom stereocenters. The van der Waals surface area contributed by atoms with Crippen LogP contribution < -0.4 is 10.1 Å². The Morgan fingerprint density at radius 2 is 1.75 bits per heavy atom. The lowest BCUT2D eigenvalue weighted by Crippen LogP contribution is -2.29. The first kappa shape index (κ1) is 17.5. The van der Waals surface area contributed by atoms with Crippen LogP contribution in [-0.4, -0.2) is 30.1 Å². The fourth-order valence-corrected chi connectivity index (χ4v) is 2.33. The Labute approximate surface area is 141 Å². The number of hydrogen-bond acceptors (Lipinski definition) is 3. The molecule has 126 valence electrons. The largest absolute Gasteiger partial charge is 0.492 e. The van der Waals surface area contributed by atoms with E-state index in [1.165, 1.54) is 12.1 Å². The van der Waals surface area contributed by atoms with E-state index in [4.69, 9.17) is 9.84 Å². The second-order valence-electron chi connectivity index (χ2n) is 5.68. The Morgan fingerprint density at radius 3 is 2.38 bits per heavy atom. The van der Waals surface area contributed by atoms with Gasteiger partial charge in [-0.2, -0.15) is 0 Å². The van der Waals surface area contributed by atoms with Crippen LogP contribution in [0.2, 0.25) is 0 Å². The van der Waals surface area contributed by atoms with Crippen LogP contribution in [0.25, 0.3) is 0 Å². The third-order valence-corrected chi connectivity index (χ3v) is 3.59. The molecule has 0 bridgehead atoms. The van der Waals surface area contributed by atoms with Crippen molar-refractivity contribution in [2.75, 3.05) is 13.2 Å². The minimum atomic E-state index is -0.974. The Kier molecular flexibility index (Phi) is 5.95. The van der Waals surface area contributed by atoms with Gasteiger partial charge in [0.1, 0.15) is 12.4 Å². The fraction of sp³-hybridized carbons (Fsp3) is 0.263. The zero-order chi connectivity index (χ0) is 17.5. The average Bonchev–Trinajstić information content (AvgIpc) is 2.58. The molecule has 2 aromatic carbocycles. The zero-order valence-corrected chi connectivity index (χ0v) is 13.8. The highest BCUT2D eigenvalue weighted by molar-refractivity contribution is 5.95. The number of nitrogens with one attached hydrogen (secondary N) is 1. The highest BCUT2D eigenvalue weighted by atomic mass is 16.5. The molecular formula is C19H21NO4. The van der Waals surface area contributed by atoms with Crippen LogP contribution in [0.4, 0.5) is 0 Å². The molecule has 1 amide bonds. The first-order valence-corrected chi connectivity index (χ1v) is 7.82. The van der Waals surface area contributed by atoms with Crippen LogP contribution >= 0.6 is 0 Å². The standard InChI is InChI=1S/C19H21NO4/c1-13(2)16-5-3-4-6-17(16)18(21)20-11-12-24-15-9-7-14(8-10-15)19(22)23/h3-10,13H,11-12H2,1-2H3,(H,20,21)(H,22,23). The van der Waals surface area contributed by atoms with Crippen LogP contribution in [0.15, 0.2) is 48.5 Å². The second kappa shape index (κ2) is 8.15. The molecule has 2 rings (SSSR count). The van der Waals surface area contributed by atoms with Crippen molar-refractivity contribution in [3.05, 3.63) is 65.2 Å². The number of benzene rings is 2. The van der Waals surface area contributed by atoms with E-state index in [0.29, 0.717) is 24.5 Å².